The van der Waals surface area contributed by atoms with Gasteiger partial charge in [0.2, 0.25) is 5.95 Å². The molecule has 1 aromatic carbocycles. The minimum atomic E-state index is -0.268. The van der Waals surface area contributed by atoms with Crippen LogP contribution in [0.5, 0.6) is 0 Å². The Hall–Kier alpha value is -3.41. The van der Waals surface area contributed by atoms with Crippen molar-refractivity contribution in [3.8, 4) is 11.3 Å². The van der Waals surface area contributed by atoms with Gasteiger partial charge in [-0.3, -0.25) is 9.78 Å². The second kappa shape index (κ2) is 5.90. The first-order valence-corrected chi connectivity index (χ1v) is 7.89. The minimum absolute atomic E-state index is 0.268. The van der Waals surface area contributed by atoms with E-state index in [1.165, 1.54) is 5.56 Å². The van der Waals surface area contributed by atoms with Crippen molar-refractivity contribution in [2.45, 2.75) is 13.8 Å². The number of aromatic amines is 1. The zero-order valence-corrected chi connectivity index (χ0v) is 13.8. The Bertz CT molecular complexity index is 1110. The van der Waals surface area contributed by atoms with E-state index in [1.54, 1.807) is 30.7 Å². The molecule has 3 heterocycles. The summed E-state index contributed by atoms with van der Waals surface area (Å²) >= 11 is 0. The van der Waals surface area contributed by atoms with Crippen molar-refractivity contribution >= 4 is 22.7 Å². The average Bonchev–Trinajstić information content (AvgIpc) is 3.12. The Morgan fingerprint density at radius 2 is 2.00 bits per heavy atom. The average molecular weight is 332 g/mol. The zero-order chi connectivity index (χ0) is 17.4. The quantitative estimate of drug-likeness (QED) is 0.594. The van der Waals surface area contributed by atoms with Crippen molar-refractivity contribution in [3.63, 3.8) is 0 Å². The largest absolute Gasteiger partial charge is 0.464 e. The van der Waals surface area contributed by atoms with Gasteiger partial charge in [0, 0.05) is 17.4 Å². The molecule has 4 aromatic rings. The third-order valence-electron chi connectivity index (χ3n) is 4.16. The van der Waals surface area contributed by atoms with E-state index in [1.807, 2.05) is 25.1 Å². The van der Waals surface area contributed by atoms with E-state index in [-0.39, 0.29) is 5.56 Å². The molecule has 0 saturated carbocycles. The molecule has 4 rings (SSSR count). The van der Waals surface area contributed by atoms with Crippen molar-refractivity contribution in [1.82, 2.24) is 15.0 Å². The summed E-state index contributed by atoms with van der Waals surface area (Å²) in [6.07, 6.45) is 3.19. The van der Waals surface area contributed by atoms with Crippen LogP contribution in [0, 0.1) is 13.8 Å². The summed E-state index contributed by atoms with van der Waals surface area (Å²) in [5, 5.41) is 3.53. The van der Waals surface area contributed by atoms with E-state index >= 15 is 0 Å². The molecular weight excluding hydrogens is 316 g/mol. The number of benzene rings is 1. The van der Waals surface area contributed by atoms with Gasteiger partial charge >= 0.3 is 0 Å². The Labute approximate surface area is 143 Å². The first-order valence-electron chi connectivity index (χ1n) is 7.89. The molecule has 0 bridgehead atoms. The molecule has 124 valence electrons. The fourth-order valence-electron chi connectivity index (χ4n) is 2.72. The normalized spacial score (nSPS) is 11.0. The molecule has 0 saturated heterocycles. The van der Waals surface area contributed by atoms with Crippen LogP contribution in [0.3, 0.4) is 0 Å². The molecule has 6 nitrogen and oxygen atoms in total. The van der Waals surface area contributed by atoms with Crippen molar-refractivity contribution in [2.75, 3.05) is 5.32 Å². The molecule has 2 N–H and O–H groups in total. The van der Waals surface area contributed by atoms with Crippen LogP contribution in [0.2, 0.25) is 0 Å². The number of aryl methyl sites for hydroxylation is 2. The number of hydrogen-bond acceptors (Lipinski definition) is 5. The topological polar surface area (TPSA) is 83.8 Å². The minimum Gasteiger partial charge on any atom is -0.464 e. The van der Waals surface area contributed by atoms with E-state index in [0.717, 1.165) is 11.3 Å². The summed E-state index contributed by atoms with van der Waals surface area (Å²) in [4.78, 5) is 24.1. The van der Waals surface area contributed by atoms with Gasteiger partial charge in [0.1, 0.15) is 5.76 Å². The molecule has 3 aromatic heterocycles. The second-order valence-corrected chi connectivity index (χ2v) is 5.87. The van der Waals surface area contributed by atoms with Gasteiger partial charge in [-0.15, -0.1) is 0 Å². The molecule has 0 amide bonds. The molecule has 0 spiro atoms. The van der Waals surface area contributed by atoms with Crippen LogP contribution in [0.15, 0.2) is 58.1 Å². The maximum atomic E-state index is 12.6. The highest BCUT2D eigenvalue weighted by Crippen LogP contribution is 2.25. The maximum absolute atomic E-state index is 12.6. The standard InChI is InChI=1S/C19H16N4O2/c1-11-5-6-13(10-12(11)2)21-19-22-17-16(18(24)23-19)14(7-8-20-17)15-4-3-9-25-15/h3-10H,1-2H3,(H2,20,21,22,23,24). The highest BCUT2D eigenvalue weighted by molar-refractivity contribution is 5.90. The van der Waals surface area contributed by atoms with Crippen molar-refractivity contribution < 1.29 is 4.42 Å². The number of nitrogens with zero attached hydrogens (tertiary/aromatic N) is 2. The number of aromatic nitrogens is 3. The predicted octanol–water partition coefficient (Wildman–Crippen LogP) is 3.94. The number of hydrogen-bond donors (Lipinski definition) is 2. The van der Waals surface area contributed by atoms with Gasteiger partial charge in [0.25, 0.3) is 5.56 Å². The molecule has 0 aliphatic heterocycles. The molecule has 0 aliphatic carbocycles. The predicted molar refractivity (Wildman–Crippen MR) is 97.1 cm³/mol. The molecule has 0 atom stereocenters. The molecule has 6 heteroatoms. The fraction of sp³-hybridized carbons (Fsp3) is 0.105. The third kappa shape index (κ3) is 2.78. The summed E-state index contributed by atoms with van der Waals surface area (Å²) in [6.45, 7) is 4.09. The van der Waals surface area contributed by atoms with Crippen molar-refractivity contribution in [1.29, 1.82) is 0 Å². The van der Waals surface area contributed by atoms with Gasteiger partial charge in [-0.2, -0.15) is 4.98 Å². The van der Waals surface area contributed by atoms with Crippen molar-refractivity contribution in [3.05, 3.63) is 70.3 Å². The monoisotopic (exact) mass is 332 g/mol. The lowest BCUT2D eigenvalue weighted by molar-refractivity contribution is 0.583. The Morgan fingerprint density at radius 1 is 1.12 bits per heavy atom. The second-order valence-electron chi connectivity index (χ2n) is 5.87. The number of pyridine rings is 1. The van der Waals surface area contributed by atoms with Gasteiger partial charge in [0.15, 0.2) is 5.65 Å². The van der Waals surface area contributed by atoms with Gasteiger partial charge in [-0.25, -0.2) is 4.98 Å². The van der Waals surface area contributed by atoms with Crippen LogP contribution in [-0.4, -0.2) is 15.0 Å². The van der Waals surface area contributed by atoms with Gasteiger partial charge in [0.05, 0.1) is 11.6 Å². The third-order valence-corrected chi connectivity index (χ3v) is 4.16. The van der Waals surface area contributed by atoms with E-state index in [0.29, 0.717) is 28.3 Å². The SMILES string of the molecule is Cc1ccc(Nc2nc3nccc(-c4ccco4)c3c(=O)[nH]2)cc1C. The lowest BCUT2D eigenvalue weighted by Crippen LogP contribution is -2.13. The summed E-state index contributed by atoms with van der Waals surface area (Å²) < 4.78 is 5.41. The number of nitrogens with one attached hydrogen (secondary N) is 2. The number of rotatable bonds is 3. The molecule has 0 radical (unpaired) electrons. The summed E-state index contributed by atoms with van der Waals surface area (Å²) in [7, 11) is 0. The van der Waals surface area contributed by atoms with E-state index in [4.69, 9.17) is 4.42 Å². The number of H-pyrrole nitrogens is 1. The van der Waals surface area contributed by atoms with Crippen LogP contribution in [0.1, 0.15) is 11.1 Å². The van der Waals surface area contributed by atoms with Crippen LogP contribution in [0.25, 0.3) is 22.4 Å². The Balaban J connectivity index is 1.80. The zero-order valence-electron chi connectivity index (χ0n) is 13.8. The lowest BCUT2D eigenvalue weighted by Gasteiger charge is -2.09. The van der Waals surface area contributed by atoms with Crippen LogP contribution in [-0.2, 0) is 0 Å². The van der Waals surface area contributed by atoms with Gasteiger partial charge < -0.3 is 9.73 Å². The molecule has 25 heavy (non-hydrogen) atoms. The number of fused-ring (bicyclic) bond motifs is 1. The first kappa shape index (κ1) is 15.1. The van der Waals surface area contributed by atoms with Gasteiger partial charge in [-0.05, 0) is 55.3 Å². The summed E-state index contributed by atoms with van der Waals surface area (Å²) in [6, 6.07) is 11.3. The molecular formula is C19H16N4O2. The van der Waals surface area contributed by atoms with E-state index in [9.17, 15) is 4.79 Å². The van der Waals surface area contributed by atoms with Crippen molar-refractivity contribution in [2.24, 2.45) is 0 Å². The smallest absolute Gasteiger partial charge is 0.262 e. The number of furan rings is 1. The Morgan fingerprint density at radius 3 is 2.76 bits per heavy atom. The maximum Gasteiger partial charge on any atom is 0.262 e. The van der Waals surface area contributed by atoms with Gasteiger partial charge in [-0.1, -0.05) is 6.07 Å². The summed E-state index contributed by atoms with van der Waals surface area (Å²) in [5.74, 6) is 0.958. The summed E-state index contributed by atoms with van der Waals surface area (Å²) in [5.41, 5.74) is 3.98. The highest BCUT2D eigenvalue weighted by atomic mass is 16.3. The number of anilines is 2. The molecule has 0 fully saturated rings. The van der Waals surface area contributed by atoms with Crippen LogP contribution >= 0.6 is 0 Å². The van der Waals surface area contributed by atoms with Crippen LogP contribution < -0.4 is 10.9 Å². The lowest BCUT2D eigenvalue weighted by atomic mass is 10.1. The highest BCUT2D eigenvalue weighted by Gasteiger charge is 2.13. The van der Waals surface area contributed by atoms with E-state index < -0.39 is 0 Å². The van der Waals surface area contributed by atoms with Crippen LogP contribution in [0.4, 0.5) is 11.6 Å². The molecule has 0 aliphatic rings. The molecule has 0 unspecified atom stereocenters. The first-order chi connectivity index (χ1) is 12.1. The Kier molecular flexibility index (Phi) is 3.57. The fourth-order valence-corrected chi connectivity index (χ4v) is 2.72. The van der Waals surface area contributed by atoms with E-state index in [2.05, 4.69) is 27.2 Å².